The van der Waals surface area contributed by atoms with Crippen LogP contribution < -0.4 is 5.32 Å². The Labute approximate surface area is 102 Å². The maximum Gasteiger partial charge on any atom is 0.223 e. The van der Waals surface area contributed by atoms with E-state index >= 15 is 0 Å². The van der Waals surface area contributed by atoms with Crippen LogP contribution in [0, 0.1) is 6.92 Å². The molecule has 17 heavy (non-hydrogen) atoms. The molecule has 94 valence electrons. The van der Waals surface area contributed by atoms with Crippen LogP contribution in [0.25, 0.3) is 0 Å². The van der Waals surface area contributed by atoms with Gasteiger partial charge in [0.05, 0.1) is 0 Å². The Hall–Kier alpha value is -0.940. The van der Waals surface area contributed by atoms with Crippen LogP contribution in [0.4, 0.5) is 0 Å². The molecule has 1 aliphatic heterocycles. The number of aromatic nitrogens is 2. The summed E-state index contributed by atoms with van der Waals surface area (Å²) in [5.74, 6) is 1.47. The van der Waals surface area contributed by atoms with Crippen LogP contribution in [0.5, 0.6) is 0 Å². The molecule has 0 aromatic carbocycles. The Morgan fingerprint density at radius 2 is 2.29 bits per heavy atom. The van der Waals surface area contributed by atoms with Gasteiger partial charge in [-0.25, -0.2) is 0 Å². The number of nitrogens with zero attached hydrogens (tertiary/aromatic N) is 3. The van der Waals surface area contributed by atoms with E-state index in [0.29, 0.717) is 11.9 Å². The molecular weight excluding hydrogens is 216 g/mol. The Bertz CT molecular complexity index is 374. The van der Waals surface area contributed by atoms with E-state index in [1.165, 1.54) is 32.4 Å². The molecule has 1 aromatic rings. The Morgan fingerprint density at radius 1 is 1.41 bits per heavy atom. The normalized spacial score (nSPS) is 25.6. The van der Waals surface area contributed by atoms with Crippen molar-refractivity contribution in [2.75, 3.05) is 19.6 Å². The van der Waals surface area contributed by atoms with E-state index in [9.17, 15) is 0 Å². The molecule has 2 fully saturated rings. The summed E-state index contributed by atoms with van der Waals surface area (Å²) in [6.07, 6.45) is 4.96. The average molecular weight is 236 g/mol. The van der Waals surface area contributed by atoms with E-state index in [1.54, 1.807) is 0 Å². The molecule has 0 radical (unpaired) electrons. The number of aryl methyl sites for hydroxylation is 1. The summed E-state index contributed by atoms with van der Waals surface area (Å²) >= 11 is 0. The fourth-order valence-electron chi connectivity index (χ4n) is 2.56. The number of rotatable bonds is 5. The lowest BCUT2D eigenvalue weighted by Crippen LogP contribution is -2.34. The zero-order valence-electron chi connectivity index (χ0n) is 10.4. The van der Waals surface area contributed by atoms with Gasteiger partial charge in [0.25, 0.3) is 0 Å². The Morgan fingerprint density at radius 3 is 3.00 bits per heavy atom. The van der Waals surface area contributed by atoms with Crippen LogP contribution in [-0.4, -0.2) is 46.8 Å². The highest BCUT2D eigenvalue weighted by atomic mass is 16.5. The minimum atomic E-state index is 0.653. The van der Waals surface area contributed by atoms with E-state index in [-0.39, 0.29) is 0 Å². The Balaban J connectivity index is 1.37. The average Bonchev–Trinajstić information content (AvgIpc) is 2.93. The van der Waals surface area contributed by atoms with Crippen molar-refractivity contribution in [2.45, 2.75) is 44.7 Å². The monoisotopic (exact) mass is 236 g/mol. The standard InChI is InChI=1S/C12H20N4O/c1-9-14-12(15-17-9)4-6-13-10-5-7-16(8-10)11-2-3-11/h10-11,13H,2-8H2,1H3. The molecule has 0 bridgehead atoms. The summed E-state index contributed by atoms with van der Waals surface area (Å²) in [5, 5.41) is 7.49. The molecule has 1 N–H and O–H groups in total. The van der Waals surface area contributed by atoms with Crippen LogP contribution in [-0.2, 0) is 6.42 Å². The van der Waals surface area contributed by atoms with Gasteiger partial charge < -0.3 is 9.84 Å². The summed E-state index contributed by atoms with van der Waals surface area (Å²) in [6.45, 7) is 5.26. The predicted molar refractivity (Wildman–Crippen MR) is 63.7 cm³/mol. The summed E-state index contributed by atoms with van der Waals surface area (Å²) < 4.78 is 4.95. The highest BCUT2D eigenvalue weighted by Gasteiger charge is 2.33. The van der Waals surface area contributed by atoms with Crippen molar-refractivity contribution >= 4 is 0 Å². The van der Waals surface area contributed by atoms with E-state index < -0.39 is 0 Å². The molecule has 0 amide bonds. The first-order valence-corrected chi connectivity index (χ1v) is 6.58. The molecule has 1 atom stereocenters. The third kappa shape index (κ3) is 2.84. The van der Waals surface area contributed by atoms with Gasteiger partial charge in [0.2, 0.25) is 5.89 Å². The number of likely N-dealkylation sites (tertiary alicyclic amines) is 1. The fraction of sp³-hybridized carbons (Fsp3) is 0.833. The van der Waals surface area contributed by atoms with Gasteiger partial charge in [0.1, 0.15) is 0 Å². The molecule has 0 spiro atoms. The molecule has 2 heterocycles. The van der Waals surface area contributed by atoms with E-state index in [1.807, 2.05) is 6.92 Å². The molecule has 3 rings (SSSR count). The van der Waals surface area contributed by atoms with E-state index in [0.717, 1.165) is 24.8 Å². The lowest BCUT2D eigenvalue weighted by molar-refractivity contribution is 0.317. The van der Waals surface area contributed by atoms with Crippen LogP contribution in [0.3, 0.4) is 0 Å². The van der Waals surface area contributed by atoms with Crippen molar-refractivity contribution in [3.63, 3.8) is 0 Å². The van der Waals surface area contributed by atoms with Gasteiger partial charge >= 0.3 is 0 Å². The molecule has 5 nitrogen and oxygen atoms in total. The number of hydrogen-bond acceptors (Lipinski definition) is 5. The van der Waals surface area contributed by atoms with Gasteiger partial charge in [-0.05, 0) is 19.3 Å². The minimum absolute atomic E-state index is 0.653. The van der Waals surface area contributed by atoms with Gasteiger partial charge in [-0.3, -0.25) is 4.90 Å². The zero-order valence-corrected chi connectivity index (χ0v) is 10.4. The van der Waals surface area contributed by atoms with Crippen molar-refractivity contribution in [2.24, 2.45) is 0 Å². The number of hydrogen-bond donors (Lipinski definition) is 1. The van der Waals surface area contributed by atoms with Gasteiger partial charge in [0.15, 0.2) is 5.82 Å². The van der Waals surface area contributed by atoms with E-state index in [2.05, 4.69) is 20.4 Å². The van der Waals surface area contributed by atoms with Crippen molar-refractivity contribution < 1.29 is 4.52 Å². The summed E-state index contributed by atoms with van der Waals surface area (Å²) in [6, 6.07) is 1.56. The second-order valence-corrected chi connectivity index (χ2v) is 5.15. The molecule has 5 heteroatoms. The summed E-state index contributed by atoms with van der Waals surface area (Å²) in [4.78, 5) is 6.82. The first-order valence-electron chi connectivity index (χ1n) is 6.58. The lowest BCUT2D eigenvalue weighted by atomic mass is 10.2. The second-order valence-electron chi connectivity index (χ2n) is 5.15. The van der Waals surface area contributed by atoms with Gasteiger partial charge in [-0.1, -0.05) is 5.16 Å². The molecule has 1 aliphatic carbocycles. The SMILES string of the molecule is Cc1nc(CCNC2CCN(C3CC3)C2)no1. The highest BCUT2D eigenvalue weighted by molar-refractivity contribution is 4.92. The van der Waals surface area contributed by atoms with Crippen molar-refractivity contribution in [3.8, 4) is 0 Å². The fourth-order valence-corrected chi connectivity index (χ4v) is 2.56. The second kappa shape index (κ2) is 4.74. The predicted octanol–water partition coefficient (Wildman–Crippen LogP) is 0.747. The van der Waals surface area contributed by atoms with Gasteiger partial charge in [0, 0.05) is 45.1 Å². The first-order chi connectivity index (χ1) is 8.31. The molecule has 1 saturated heterocycles. The largest absolute Gasteiger partial charge is 0.340 e. The smallest absolute Gasteiger partial charge is 0.223 e. The van der Waals surface area contributed by atoms with Crippen molar-refractivity contribution in [1.82, 2.24) is 20.4 Å². The third-order valence-electron chi connectivity index (χ3n) is 3.63. The molecule has 1 unspecified atom stereocenters. The lowest BCUT2D eigenvalue weighted by Gasteiger charge is -2.15. The van der Waals surface area contributed by atoms with Crippen LogP contribution in [0.15, 0.2) is 4.52 Å². The quantitative estimate of drug-likeness (QED) is 0.817. The Kier molecular flexibility index (Phi) is 3.11. The summed E-state index contributed by atoms with van der Waals surface area (Å²) in [7, 11) is 0. The van der Waals surface area contributed by atoms with Crippen LogP contribution in [0.2, 0.25) is 0 Å². The minimum Gasteiger partial charge on any atom is -0.340 e. The van der Waals surface area contributed by atoms with Crippen molar-refractivity contribution in [3.05, 3.63) is 11.7 Å². The third-order valence-corrected chi connectivity index (χ3v) is 3.63. The van der Waals surface area contributed by atoms with Gasteiger partial charge in [-0.2, -0.15) is 4.98 Å². The maximum atomic E-state index is 4.95. The molecule has 1 saturated carbocycles. The molecular formula is C12H20N4O. The topological polar surface area (TPSA) is 54.2 Å². The zero-order chi connectivity index (χ0) is 11.7. The maximum absolute atomic E-state index is 4.95. The number of nitrogens with one attached hydrogen (secondary N) is 1. The summed E-state index contributed by atoms with van der Waals surface area (Å²) in [5.41, 5.74) is 0. The molecule has 1 aromatic heterocycles. The van der Waals surface area contributed by atoms with E-state index in [4.69, 9.17) is 4.52 Å². The van der Waals surface area contributed by atoms with Gasteiger partial charge in [-0.15, -0.1) is 0 Å². The molecule has 2 aliphatic rings. The highest BCUT2D eigenvalue weighted by Crippen LogP contribution is 2.29. The first kappa shape index (κ1) is 11.2. The van der Waals surface area contributed by atoms with Crippen LogP contribution >= 0.6 is 0 Å². The van der Waals surface area contributed by atoms with Crippen molar-refractivity contribution in [1.29, 1.82) is 0 Å². The van der Waals surface area contributed by atoms with Crippen LogP contribution in [0.1, 0.15) is 31.0 Å².